The summed E-state index contributed by atoms with van der Waals surface area (Å²) < 4.78 is 0. The molecule has 0 aliphatic carbocycles. The lowest BCUT2D eigenvalue weighted by molar-refractivity contribution is 0.108. The van der Waals surface area contributed by atoms with Crippen molar-refractivity contribution in [3.05, 3.63) is 35.4 Å². The SMILES string of the molecule is CCCN(CCN(C)C)CC(O)c1ccc(C)cc1. The van der Waals surface area contributed by atoms with Gasteiger partial charge in [-0.1, -0.05) is 36.8 Å². The predicted octanol–water partition coefficient (Wildman–Crippen LogP) is 2.30. The fourth-order valence-electron chi connectivity index (χ4n) is 2.09. The molecule has 108 valence electrons. The molecule has 0 aromatic heterocycles. The van der Waals surface area contributed by atoms with Crippen LogP contribution in [-0.4, -0.2) is 55.2 Å². The molecule has 1 aromatic carbocycles. The number of hydrogen-bond donors (Lipinski definition) is 1. The van der Waals surface area contributed by atoms with Gasteiger partial charge in [0.05, 0.1) is 6.10 Å². The number of benzene rings is 1. The van der Waals surface area contributed by atoms with Crippen LogP contribution < -0.4 is 0 Å². The fraction of sp³-hybridized carbons (Fsp3) is 0.625. The molecule has 0 amide bonds. The van der Waals surface area contributed by atoms with Crippen LogP contribution in [0.25, 0.3) is 0 Å². The first-order valence-electron chi connectivity index (χ1n) is 7.14. The maximum absolute atomic E-state index is 10.3. The van der Waals surface area contributed by atoms with Crippen molar-refractivity contribution in [2.75, 3.05) is 40.3 Å². The molecule has 0 spiro atoms. The number of hydrogen-bond acceptors (Lipinski definition) is 3. The van der Waals surface area contributed by atoms with Gasteiger partial charge in [0.15, 0.2) is 0 Å². The van der Waals surface area contributed by atoms with Crippen LogP contribution in [0.4, 0.5) is 0 Å². The Morgan fingerprint density at radius 2 is 1.68 bits per heavy atom. The second-order valence-electron chi connectivity index (χ2n) is 5.53. The molecule has 0 bridgehead atoms. The zero-order valence-electron chi connectivity index (χ0n) is 12.8. The topological polar surface area (TPSA) is 26.7 Å². The molecule has 0 radical (unpaired) electrons. The lowest BCUT2D eigenvalue weighted by Gasteiger charge is -2.26. The molecule has 1 N–H and O–H groups in total. The van der Waals surface area contributed by atoms with Crippen LogP contribution in [-0.2, 0) is 0 Å². The number of nitrogens with zero attached hydrogens (tertiary/aromatic N) is 2. The van der Waals surface area contributed by atoms with Crippen LogP contribution in [0.1, 0.15) is 30.6 Å². The van der Waals surface area contributed by atoms with Gasteiger partial charge < -0.3 is 10.0 Å². The van der Waals surface area contributed by atoms with Crippen molar-refractivity contribution < 1.29 is 5.11 Å². The van der Waals surface area contributed by atoms with E-state index in [-0.39, 0.29) is 0 Å². The van der Waals surface area contributed by atoms with Crippen LogP contribution in [0.15, 0.2) is 24.3 Å². The summed E-state index contributed by atoms with van der Waals surface area (Å²) in [6.45, 7) is 8.03. The van der Waals surface area contributed by atoms with Gasteiger partial charge in [-0.15, -0.1) is 0 Å². The van der Waals surface area contributed by atoms with Crippen molar-refractivity contribution in [3.8, 4) is 0 Å². The summed E-state index contributed by atoms with van der Waals surface area (Å²) in [5.41, 5.74) is 2.24. The molecular weight excluding hydrogens is 236 g/mol. The van der Waals surface area contributed by atoms with E-state index < -0.39 is 6.10 Å². The third kappa shape index (κ3) is 6.19. The molecular formula is C16H28N2O. The highest BCUT2D eigenvalue weighted by molar-refractivity contribution is 5.23. The molecule has 0 heterocycles. The molecule has 1 atom stereocenters. The second kappa shape index (κ2) is 8.31. The zero-order valence-corrected chi connectivity index (χ0v) is 12.8. The minimum atomic E-state index is -0.394. The Hall–Kier alpha value is -0.900. The molecule has 1 rings (SSSR count). The van der Waals surface area contributed by atoms with Crippen molar-refractivity contribution in [2.45, 2.75) is 26.4 Å². The van der Waals surface area contributed by atoms with Gasteiger partial charge in [0.2, 0.25) is 0 Å². The van der Waals surface area contributed by atoms with E-state index in [1.165, 1.54) is 5.56 Å². The Kier molecular flexibility index (Phi) is 7.06. The first kappa shape index (κ1) is 16.2. The average Bonchev–Trinajstić information content (AvgIpc) is 2.37. The van der Waals surface area contributed by atoms with Gasteiger partial charge in [-0.2, -0.15) is 0 Å². The lowest BCUT2D eigenvalue weighted by atomic mass is 10.1. The van der Waals surface area contributed by atoms with Crippen molar-refractivity contribution >= 4 is 0 Å². The molecule has 1 aromatic rings. The summed E-state index contributed by atoms with van der Waals surface area (Å²) in [5, 5.41) is 10.3. The summed E-state index contributed by atoms with van der Waals surface area (Å²) in [4.78, 5) is 4.52. The van der Waals surface area contributed by atoms with E-state index in [2.05, 4.69) is 49.9 Å². The van der Waals surface area contributed by atoms with Crippen LogP contribution in [0.3, 0.4) is 0 Å². The van der Waals surface area contributed by atoms with Gasteiger partial charge in [-0.05, 0) is 39.5 Å². The molecule has 0 aliphatic heterocycles. The minimum absolute atomic E-state index is 0.394. The average molecular weight is 264 g/mol. The summed E-state index contributed by atoms with van der Waals surface area (Å²) in [7, 11) is 4.17. The van der Waals surface area contributed by atoms with Gasteiger partial charge in [-0.3, -0.25) is 4.90 Å². The third-order valence-corrected chi connectivity index (χ3v) is 3.30. The van der Waals surface area contributed by atoms with Crippen LogP contribution in [0.2, 0.25) is 0 Å². The molecule has 3 nitrogen and oxygen atoms in total. The maximum Gasteiger partial charge on any atom is 0.0916 e. The number of aliphatic hydroxyl groups excluding tert-OH is 1. The Morgan fingerprint density at radius 1 is 1.05 bits per heavy atom. The first-order chi connectivity index (χ1) is 9.02. The Labute approximate surface area is 117 Å². The molecule has 0 saturated heterocycles. The summed E-state index contributed by atoms with van der Waals surface area (Å²) in [6.07, 6.45) is 0.725. The highest BCUT2D eigenvalue weighted by atomic mass is 16.3. The minimum Gasteiger partial charge on any atom is -0.387 e. The van der Waals surface area contributed by atoms with Crippen molar-refractivity contribution in [1.82, 2.24) is 9.80 Å². The monoisotopic (exact) mass is 264 g/mol. The zero-order chi connectivity index (χ0) is 14.3. The smallest absolute Gasteiger partial charge is 0.0916 e. The Morgan fingerprint density at radius 3 is 2.21 bits per heavy atom. The fourth-order valence-corrected chi connectivity index (χ4v) is 2.09. The normalized spacial score (nSPS) is 13.2. The van der Waals surface area contributed by atoms with Gasteiger partial charge >= 0.3 is 0 Å². The van der Waals surface area contributed by atoms with Gasteiger partial charge in [0.1, 0.15) is 0 Å². The van der Waals surface area contributed by atoms with Gasteiger partial charge in [0, 0.05) is 19.6 Å². The highest BCUT2D eigenvalue weighted by Gasteiger charge is 2.13. The van der Waals surface area contributed by atoms with E-state index in [9.17, 15) is 5.11 Å². The molecule has 19 heavy (non-hydrogen) atoms. The lowest BCUT2D eigenvalue weighted by Crippen LogP contribution is -2.35. The molecule has 1 unspecified atom stereocenters. The van der Waals surface area contributed by atoms with E-state index in [0.717, 1.165) is 31.6 Å². The number of aliphatic hydroxyl groups is 1. The highest BCUT2D eigenvalue weighted by Crippen LogP contribution is 2.15. The molecule has 0 saturated carbocycles. The van der Waals surface area contributed by atoms with Gasteiger partial charge in [0.25, 0.3) is 0 Å². The van der Waals surface area contributed by atoms with E-state index in [0.29, 0.717) is 6.54 Å². The summed E-state index contributed by atoms with van der Waals surface area (Å²) >= 11 is 0. The van der Waals surface area contributed by atoms with E-state index in [1.54, 1.807) is 0 Å². The second-order valence-corrected chi connectivity index (χ2v) is 5.53. The third-order valence-electron chi connectivity index (χ3n) is 3.30. The molecule has 0 aliphatic rings. The standard InChI is InChI=1S/C16H28N2O/c1-5-10-18(12-11-17(3)4)13-16(19)15-8-6-14(2)7-9-15/h6-9,16,19H,5,10-13H2,1-4H3. The largest absolute Gasteiger partial charge is 0.387 e. The number of likely N-dealkylation sites (N-methyl/N-ethyl adjacent to an activating group) is 1. The van der Waals surface area contributed by atoms with E-state index >= 15 is 0 Å². The van der Waals surface area contributed by atoms with Crippen molar-refractivity contribution in [3.63, 3.8) is 0 Å². The Bertz CT molecular complexity index is 348. The van der Waals surface area contributed by atoms with Crippen LogP contribution >= 0.6 is 0 Å². The number of aryl methyl sites for hydroxylation is 1. The van der Waals surface area contributed by atoms with Gasteiger partial charge in [-0.25, -0.2) is 0 Å². The van der Waals surface area contributed by atoms with Crippen molar-refractivity contribution in [2.24, 2.45) is 0 Å². The van der Waals surface area contributed by atoms with E-state index in [1.807, 2.05) is 12.1 Å². The molecule has 0 fully saturated rings. The van der Waals surface area contributed by atoms with Crippen LogP contribution in [0.5, 0.6) is 0 Å². The molecule has 3 heteroatoms. The quantitative estimate of drug-likeness (QED) is 0.780. The maximum atomic E-state index is 10.3. The van der Waals surface area contributed by atoms with E-state index in [4.69, 9.17) is 0 Å². The number of rotatable bonds is 8. The van der Waals surface area contributed by atoms with Crippen LogP contribution in [0, 0.1) is 6.92 Å². The first-order valence-corrected chi connectivity index (χ1v) is 7.14. The summed E-state index contributed by atoms with van der Waals surface area (Å²) in [6, 6.07) is 8.16. The summed E-state index contributed by atoms with van der Waals surface area (Å²) in [5.74, 6) is 0. The Balaban J connectivity index is 2.54. The predicted molar refractivity (Wildman–Crippen MR) is 81.4 cm³/mol. The van der Waals surface area contributed by atoms with Crippen molar-refractivity contribution in [1.29, 1.82) is 0 Å².